The summed E-state index contributed by atoms with van der Waals surface area (Å²) in [7, 11) is 0. The maximum absolute atomic E-state index is 10.7. The standard InChI is InChI=1S/C11H10N2O2.C8H5IN2O2/c1-7(2)10-6-9(13(14)15)5-8-3-4-12-11(8)10;9-7-4-6(11(12)13)3-5-1-2-10-8(5)7/h3-6,12H,1H2,2H3;1-4,10H. The highest BCUT2D eigenvalue weighted by molar-refractivity contribution is 14.1. The van der Waals surface area contributed by atoms with Crippen LogP contribution < -0.4 is 0 Å². The van der Waals surface area contributed by atoms with E-state index in [0.717, 1.165) is 36.5 Å². The van der Waals surface area contributed by atoms with Crippen LogP contribution in [0.3, 0.4) is 0 Å². The quantitative estimate of drug-likeness (QED) is 0.215. The molecule has 0 aliphatic rings. The fourth-order valence-electron chi connectivity index (χ4n) is 2.81. The molecule has 2 aromatic heterocycles. The molecule has 0 saturated heterocycles. The Balaban J connectivity index is 0.000000162. The lowest BCUT2D eigenvalue weighted by Gasteiger charge is -2.02. The number of allylic oxidation sites excluding steroid dienone is 1. The Kier molecular flexibility index (Phi) is 5.45. The molecule has 4 aromatic rings. The van der Waals surface area contributed by atoms with E-state index in [2.05, 4.69) is 39.1 Å². The highest BCUT2D eigenvalue weighted by atomic mass is 127. The van der Waals surface area contributed by atoms with E-state index >= 15 is 0 Å². The van der Waals surface area contributed by atoms with Crippen LogP contribution in [0.15, 0.2) is 55.4 Å². The number of rotatable bonds is 3. The number of fused-ring (bicyclic) bond motifs is 2. The smallest absolute Gasteiger partial charge is 0.271 e. The second-order valence-electron chi connectivity index (χ2n) is 6.10. The lowest BCUT2D eigenvalue weighted by atomic mass is 10.1. The van der Waals surface area contributed by atoms with E-state index in [0.29, 0.717) is 0 Å². The topological polar surface area (TPSA) is 118 Å². The summed E-state index contributed by atoms with van der Waals surface area (Å²) in [5.74, 6) is 0. The number of aromatic nitrogens is 2. The highest BCUT2D eigenvalue weighted by Gasteiger charge is 2.12. The minimum Gasteiger partial charge on any atom is -0.361 e. The molecule has 0 atom stereocenters. The monoisotopic (exact) mass is 490 g/mol. The van der Waals surface area contributed by atoms with Crippen molar-refractivity contribution in [2.45, 2.75) is 6.92 Å². The Morgan fingerprint density at radius 2 is 1.43 bits per heavy atom. The van der Waals surface area contributed by atoms with Crippen molar-refractivity contribution in [1.82, 2.24) is 9.97 Å². The fourth-order valence-corrected chi connectivity index (χ4v) is 3.60. The van der Waals surface area contributed by atoms with Gasteiger partial charge in [0.25, 0.3) is 11.4 Å². The fraction of sp³-hybridized carbons (Fsp3) is 0.0526. The van der Waals surface area contributed by atoms with Crippen molar-refractivity contribution in [1.29, 1.82) is 0 Å². The van der Waals surface area contributed by atoms with Crippen LogP contribution in [0.1, 0.15) is 12.5 Å². The van der Waals surface area contributed by atoms with Crippen LogP contribution >= 0.6 is 22.6 Å². The second-order valence-corrected chi connectivity index (χ2v) is 7.26. The van der Waals surface area contributed by atoms with Gasteiger partial charge in [-0.25, -0.2) is 0 Å². The number of benzene rings is 2. The molecule has 142 valence electrons. The number of nitro groups is 2. The first-order valence-electron chi connectivity index (χ1n) is 8.10. The molecule has 0 fully saturated rings. The number of H-pyrrole nitrogens is 2. The number of nitrogens with one attached hydrogen (secondary N) is 2. The molecule has 0 saturated carbocycles. The molecule has 0 amide bonds. The van der Waals surface area contributed by atoms with Crippen molar-refractivity contribution < 1.29 is 9.85 Å². The molecular formula is C19H15IN4O4. The van der Waals surface area contributed by atoms with Crippen molar-refractivity contribution in [3.63, 3.8) is 0 Å². The number of hydrogen-bond acceptors (Lipinski definition) is 4. The first-order valence-corrected chi connectivity index (χ1v) is 9.18. The Bertz CT molecular complexity index is 1230. The van der Waals surface area contributed by atoms with Gasteiger partial charge in [-0.2, -0.15) is 0 Å². The molecule has 8 nitrogen and oxygen atoms in total. The van der Waals surface area contributed by atoms with Crippen LogP contribution in [0.2, 0.25) is 0 Å². The summed E-state index contributed by atoms with van der Waals surface area (Å²) in [6, 6.07) is 9.85. The van der Waals surface area contributed by atoms with Crippen molar-refractivity contribution in [2.24, 2.45) is 0 Å². The van der Waals surface area contributed by atoms with E-state index in [4.69, 9.17) is 0 Å². The molecule has 0 aliphatic carbocycles. The molecule has 2 heterocycles. The maximum Gasteiger partial charge on any atom is 0.271 e. The van der Waals surface area contributed by atoms with Gasteiger partial charge in [0.1, 0.15) is 0 Å². The summed E-state index contributed by atoms with van der Waals surface area (Å²) in [6.45, 7) is 5.65. The van der Waals surface area contributed by atoms with E-state index in [1.165, 1.54) is 0 Å². The molecule has 2 aromatic carbocycles. The van der Waals surface area contributed by atoms with E-state index < -0.39 is 4.92 Å². The molecule has 28 heavy (non-hydrogen) atoms. The summed E-state index contributed by atoms with van der Waals surface area (Å²) in [5.41, 5.74) is 3.69. The summed E-state index contributed by atoms with van der Waals surface area (Å²) >= 11 is 2.08. The van der Waals surface area contributed by atoms with Gasteiger partial charge in [-0.05, 0) is 47.2 Å². The zero-order chi connectivity index (χ0) is 20.4. The van der Waals surface area contributed by atoms with Gasteiger partial charge in [-0.15, -0.1) is 0 Å². The molecule has 0 bridgehead atoms. The third kappa shape index (κ3) is 3.88. The van der Waals surface area contributed by atoms with Crippen molar-refractivity contribution in [2.75, 3.05) is 0 Å². The average molecular weight is 490 g/mol. The van der Waals surface area contributed by atoms with Crippen LogP contribution in [0.4, 0.5) is 11.4 Å². The lowest BCUT2D eigenvalue weighted by molar-refractivity contribution is -0.384. The predicted octanol–water partition coefficient (Wildman–Crippen LogP) is 5.79. The first kappa shape index (κ1) is 19.5. The minimum atomic E-state index is -0.390. The number of nitro benzene ring substituents is 2. The minimum absolute atomic E-state index is 0.0973. The third-order valence-corrected chi connectivity index (χ3v) is 4.97. The van der Waals surface area contributed by atoms with E-state index in [1.807, 2.05) is 19.1 Å². The van der Waals surface area contributed by atoms with E-state index in [9.17, 15) is 20.2 Å². The molecule has 0 spiro atoms. The highest BCUT2D eigenvalue weighted by Crippen LogP contribution is 2.28. The first-order chi connectivity index (χ1) is 13.3. The third-order valence-electron chi connectivity index (χ3n) is 4.12. The summed E-state index contributed by atoms with van der Waals surface area (Å²) in [5, 5.41) is 22.9. The molecule has 0 aliphatic heterocycles. The zero-order valence-corrected chi connectivity index (χ0v) is 16.9. The van der Waals surface area contributed by atoms with Crippen molar-refractivity contribution >= 4 is 61.3 Å². The van der Waals surface area contributed by atoms with Crippen molar-refractivity contribution in [3.05, 3.63) is 84.7 Å². The summed E-state index contributed by atoms with van der Waals surface area (Å²) in [4.78, 5) is 26.5. The molecule has 4 rings (SSSR count). The van der Waals surface area contributed by atoms with Crippen LogP contribution in [0.25, 0.3) is 27.4 Å². The largest absolute Gasteiger partial charge is 0.361 e. The van der Waals surface area contributed by atoms with Gasteiger partial charge in [-0.1, -0.05) is 6.58 Å². The number of aromatic amines is 2. The molecule has 2 N–H and O–H groups in total. The number of nitrogens with zero attached hydrogens (tertiary/aromatic N) is 2. The Morgan fingerprint density at radius 1 is 0.929 bits per heavy atom. The van der Waals surface area contributed by atoms with Gasteiger partial charge in [0.15, 0.2) is 0 Å². The average Bonchev–Trinajstić information content (AvgIpc) is 3.30. The molecule has 0 radical (unpaired) electrons. The number of hydrogen-bond donors (Lipinski definition) is 2. The molecule has 0 unspecified atom stereocenters. The maximum atomic E-state index is 10.7. The lowest BCUT2D eigenvalue weighted by Crippen LogP contribution is -1.90. The van der Waals surface area contributed by atoms with Gasteiger partial charge < -0.3 is 9.97 Å². The second kappa shape index (κ2) is 7.80. The summed E-state index contributed by atoms with van der Waals surface area (Å²) < 4.78 is 0.867. The van der Waals surface area contributed by atoms with Crippen LogP contribution in [0, 0.1) is 23.8 Å². The van der Waals surface area contributed by atoms with Gasteiger partial charge in [-0.3, -0.25) is 20.2 Å². The molecular weight excluding hydrogens is 475 g/mol. The van der Waals surface area contributed by atoms with Crippen molar-refractivity contribution in [3.8, 4) is 0 Å². The summed E-state index contributed by atoms with van der Waals surface area (Å²) in [6.07, 6.45) is 3.54. The predicted molar refractivity (Wildman–Crippen MR) is 117 cm³/mol. The zero-order valence-electron chi connectivity index (χ0n) is 14.7. The van der Waals surface area contributed by atoms with Gasteiger partial charge in [0, 0.05) is 56.6 Å². The Hall–Kier alpha value is -3.21. The van der Waals surface area contributed by atoms with E-state index in [-0.39, 0.29) is 16.3 Å². The van der Waals surface area contributed by atoms with Crippen LogP contribution in [-0.2, 0) is 0 Å². The Labute approximate surface area is 172 Å². The SMILES string of the molecule is C=C(C)c1cc([N+](=O)[O-])cc2cc[nH]c12.O=[N+]([O-])c1cc(I)c2[nH]ccc2c1. The Morgan fingerprint density at radius 3 is 1.96 bits per heavy atom. The van der Waals surface area contributed by atoms with E-state index in [1.54, 1.807) is 36.7 Å². The molecule has 9 heteroatoms. The number of halogens is 1. The number of non-ortho nitro benzene ring substituents is 2. The van der Waals surface area contributed by atoms with Crippen LogP contribution in [-0.4, -0.2) is 19.8 Å². The van der Waals surface area contributed by atoms with Gasteiger partial charge in [0.2, 0.25) is 0 Å². The van der Waals surface area contributed by atoms with Crippen LogP contribution in [0.5, 0.6) is 0 Å². The van der Waals surface area contributed by atoms with Gasteiger partial charge >= 0.3 is 0 Å². The normalized spacial score (nSPS) is 10.5. The van der Waals surface area contributed by atoms with Gasteiger partial charge in [0.05, 0.1) is 20.9 Å².